The summed E-state index contributed by atoms with van der Waals surface area (Å²) in [5, 5.41) is 3.48. The highest BCUT2D eigenvalue weighted by Gasteiger charge is 2.21. The van der Waals surface area contributed by atoms with Crippen molar-refractivity contribution in [1.29, 1.82) is 0 Å². The largest absolute Gasteiger partial charge is 0.497 e. The van der Waals surface area contributed by atoms with E-state index >= 15 is 0 Å². The summed E-state index contributed by atoms with van der Waals surface area (Å²) in [7, 11) is 1.67. The van der Waals surface area contributed by atoms with E-state index in [1.54, 1.807) is 7.11 Å². The van der Waals surface area contributed by atoms with Gasteiger partial charge in [0, 0.05) is 6.54 Å². The predicted octanol–water partition coefficient (Wildman–Crippen LogP) is 3.07. The van der Waals surface area contributed by atoms with Gasteiger partial charge >= 0.3 is 0 Å². The van der Waals surface area contributed by atoms with Crippen LogP contribution in [0.1, 0.15) is 22.7 Å². The first-order valence-corrected chi connectivity index (χ1v) is 6.43. The molecule has 0 aromatic heterocycles. The number of methoxy groups -OCH3 is 1. The summed E-state index contributed by atoms with van der Waals surface area (Å²) in [5.41, 5.74) is 3.63. The fraction of sp³-hybridized carbons (Fsp3) is 0.250. The van der Waals surface area contributed by atoms with Crippen LogP contribution < -0.4 is 10.1 Å². The zero-order valence-electron chi connectivity index (χ0n) is 10.8. The van der Waals surface area contributed by atoms with Crippen molar-refractivity contribution in [3.05, 3.63) is 65.0 Å². The second-order valence-electron chi connectivity index (χ2n) is 4.75. The van der Waals surface area contributed by atoms with Crippen LogP contribution in [0.15, 0.2) is 42.5 Å². The van der Waals surface area contributed by atoms with Gasteiger partial charge in [-0.2, -0.15) is 0 Å². The minimum atomic E-state index is -0.203. The average molecular weight is 257 g/mol. The van der Waals surface area contributed by atoms with E-state index < -0.39 is 0 Å². The molecule has 0 saturated heterocycles. The first kappa shape index (κ1) is 12.2. The van der Waals surface area contributed by atoms with Crippen LogP contribution in [0.2, 0.25) is 0 Å². The number of fused-ring (bicyclic) bond motifs is 1. The molecule has 2 aromatic rings. The molecule has 0 fully saturated rings. The fourth-order valence-corrected chi connectivity index (χ4v) is 2.61. The summed E-state index contributed by atoms with van der Waals surface area (Å²) in [6.07, 6.45) is 1.01. The normalized spacial score (nSPS) is 17.9. The maximum Gasteiger partial charge on any atom is 0.123 e. The Morgan fingerprint density at radius 2 is 1.95 bits per heavy atom. The van der Waals surface area contributed by atoms with E-state index in [2.05, 4.69) is 17.4 Å². The third kappa shape index (κ3) is 2.34. The molecule has 1 aliphatic rings. The van der Waals surface area contributed by atoms with Crippen molar-refractivity contribution in [2.45, 2.75) is 12.5 Å². The van der Waals surface area contributed by atoms with Crippen molar-refractivity contribution in [1.82, 2.24) is 5.32 Å². The Hall–Kier alpha value is -1.87. The summed E-state index contributed by atoms with van der Waals surface area (Å²) >= 11 is 0. The monoisotopic (exact) mass is 257 g/mol. The maximum atomic E-state index is 13.0. The summed E-state index contributed by atoms with van der Waals surface area (Å²) in [4.78, 5) is 0. The van der Waals surface area contributed by atoms with Crippen molar-refractivity contribution in [3.63, 3.8) is 0 Å². The number of hydrogen-bond acceptors (Lipinski definition) is 2. The van der Waals surface area contributed by atoms with Gasteiger partial charge < -0.3 is 10.1 Å². The van der Waals surface area contributed by atoms with Gasteiger partial charge in [-0.05, 0) is 47.4 Å². The minimum Gasteiger partial charge on any atom is -0.497 e. The van der Waals surface area contributed by atoms with Gasteiger partial charge in [-0.15, -0.1) is 0 Å². The van der Waals surface area contributed by atoms with Crippen molar-refractivity contribution < 1.29 is 9.13 Å². The number of hydrogen-bond donors (Lipinski definition) is 1. The molecule has 1 heterocycles. The Bertz CT molecular complexity index is 580. The van der Waals surface area contributed by atoms with Crippen molar-refractivity contribution in [2.75, 3.05) is 13.7 Å². The Kier molecular flexibility index (Phi) is 3.22. The number of rotatable bonds is 2. The summed E-state index contributed by atoms with van der Waals surface area (Å²) in [6, 6.07) is 13.0. The second kappa shape index (κ2) is 5.02. The second-order valence-corrected chi connectivity index (χ2v) is 4.75. The molecule has 1 atom stereocenters. The minimum absolute atomic E-state index is 0.111. The number of nitrogens with one attached hydrogen (secondary N) is 1. The van der Waals surface area contributed by atoms with E-state index in [0.29, 0.717) is 0 Å². The zero-order chi connectivity index (χ0) is 13.2. The molecule has 1 N–H and O–H groups in total. The topological polar surface area (TPSA) is 21.3 Å². The van der Waals surface area contributed by atoms with Gasteiger partial charge in [0.15, 0.2) is 0 Å². The van der Waals surface area contributed by atoms with E-state index in [-0.39, 0.29) is 11.9 Å². The summed E-state index contributed by atoms with van der Waals surface area (Å²) < 4.78 is 18.3. The van der Waals surface area contributed by atoms with Crippen molar-refractivity contribution in [2.24, 2.45) is 0 Å². The molecule has 0 spiro atoms. The molecular formula is C16H16FNO. The third-order valence-electron chi connectivity index (χ3n) is 3.61. The lowest BCUT2D eigenvalue weighted by Crippen LogP contribution is -2.30. The molecule has 2 aromatic carbocycles. The lowest BCUT2D eigenvalue weighted by Gasteiger charge is -2.27. The number of benzene rings is 2. The Balaban J connectivity index is 2.03. The van der Waals surface area contributed by atoms with E-state index in [9.17, 15) is 4.39 Å². The van der Waals surface area contributed by atoms with Crippen LogP contribution in [0.5, 0.6) is 5.75 Å². The molecule has 19 heavy (non-hydrogen) atoms. The molecule has 0 amide bonds. The molecule has 1 aliphatic heterocycles. The van der Waals surface area contributed by atoms with E-state index in [4.69, 9.17) is 4.74 Å². The van der Waals surface area contributed by atoms with Gasteiger partial charge in [0.05, 0.1) is 13.2 Å². The molecule has 3 rings (SSSR count). The Morgan fingerprint density at radius 3 is 2.68 bits per heavy atom. The van der Waals surface area contributed by atoms with E-state index in [1.165, 1.54) is 23.3 Å². The van der Waals surface area contributed by atoms with Crippen LogP contribution in [0, 0.1) is 5.82 Å². The van der Waals surface area contributed by atoms with Crippen LogP contribution in [0.25, 0.3) is 0 Å². The molecule has 0 saturated carbocycles. The van der Waals surface area contributed by atoms with Crippen LogP contribution in [-0.4, -0.2) is 13.7 Å². The maximum absolute atomic E-state index is 13.0. The molecule has 0 radical (unpaired) electrons. The molecule has 3 heteroatoms. The Morgan fingerprint density at radius 1 is 1.16 bits per heavy atom. The van der Waals surface area contributed by atoms with Gasteiger partial charge in [-0.1, -0.05) is 18.2 Å². The number of halogens is 1. The van der Waals surface area contributed by atoms with E-state index in [1.807, 2.05) is 18.2 Å². The van der Waals surface area contributed by atoms with Gasteiger partial charge in [0.1, 0.15) is 11.6 Å². The van der Waals surface area contributed by atoms with Crippen molar-refractivity contribution in [3.8, 4) is 5.75 Å². The third-order valence-corrected chi connectivity index (χ3v) is 3.61. The highest BCUT2D eigenvalue weighted by atomic mass is 19.1. The smallest absolute Gasteiger partial charge is 0.123 e. The molecule has 0 aliphatic carbocycles. The van der Waals surface area contributed by atoms with Crippen LogP contribution in [-0.2, 0) is 6.42 Å². The first-order chi connectivity index (χ1) is 9.28. The summed E-state index contributed by atoms with van der Waals surface area (Å²) in [5.74, 6) is 0.653. The molecule has 2 nitrogen and oxygen atoms in total. The zero-order valence-corrected chi connectivity index (χ0v) is 10.8. The summed E-state index contributed by atoms with van der Waals surface area (Å²) in [6.45, 7) is 0.932. The molecule has 1 unspecified atom stereocenters. The van der Waals surface area contributed by atoms with Gasteiger partial charge in [-0.3, -0.25) is 0 Å². The fourth-order valence-electron chi connectivity index (χ4n) is 2.61. The molecule has 98 valence electrons. The van der Waals surface area contributed by atoms with Crippen LogP contribution in [0.3, 0.4) is 0 Å². The Labute approximate surface area is 112 Å². The number of ether oxygens (including phenoxy) is 1. The van der Waals surface area contributed by atoms with Crippen molar-refractivity contribution >= 4 is 0 Å². The van der Waals surface area contributed by atoms with Gasteiger partial charge in [0.25, 0.3) is 0 Å². The highest BCUT2D eigenvalue weighted by molar-refractivity contribution is 5.43. The van der Waals surface area contributed by atoms with Gasteiger partial charge in [-0.25, -0.2) is 4.39 Å². The van der Waals surface area contributed by atoms with Gasteiger partial charge in [0.2, 0.25) is 0 Å². The van der Waals surface area contributed by atoms with Crippen LogP contribution in [0.4, 0.5) is 4.39 Å². The predicted molar refractivity (Wildman–Crippen MR) is 72.9 cm³/mol. The lowest BCUT2D eigenvalue weighted by molar-refractivity contribution is 0.412. The molecular weight excluding hydrogens is 241 g/mol. The van der Waals surface area contributed by atoms with Crippen LogP contribution >= 0.6 is 0 Å². The molecule has 0 bridgehead atoms. The standard InChI is InChI=1S/C16H16FNO/c1-19-14-7-4-11-8-9-18-16(15(11)10-14)12-2-5-13(17)6-3-12/h2-7,10,16,18H,8-9H2,1H3. The first-order valence-electron chi connectivity index (χ1n) is 6.43. The SMILES string of the molecule is COc1ccc2c(c1)C(c1ccc(F)cc1)NCC2. The average Bonchev–Trinajstić information content (AvgIpc) is 2.47. The lowest BCUT2D eigenvalue weighted by atomic mass is 9.90. The van der Waals surface area contributed by atoms with E-state index in [0.717, 1.165) is 24.3 Å². The quantitative estimate of drug-likeness (QED) is 0.892. The highest BCUT2D eigenvalue weighted by Crippen LogP contribution is 2.31.